The number of fused-ring (bicyclic) bond motifs is 1. The van der Waals surface area contributed by atoms with Crippen molar-refractivity contribution in [2.24, 2.45) is 0 Å². The summed E-state index contributed by atoms with van der Waals surface area (Å²) in [5.41, 5.74) is 3.98. The van der Waals surface area contributed by atoms with Crippen molar-refractivity contribution in [3.05, 3.63) is 33.2 Å². The normalized spacial score (nSPS) is 20.1. The molecule has 0 radical (unpaired) electrons. The molecular formula is C15H20BrNO. The van der Waals surface area contributed by atoms with E-state index >= 15 is 0 Å². The van der Waals surface area contributed by atoms with Crippen molar-refractivity contribution in [2.45, 2.75) is 62.7 Å². The van der Waals surface area contributed by atoms with Crippen LogP contribution < -0.4 is 5.56 Å². The summed E-state index contributed by atoms with van der Waals surface area (Å²) >= 11 is 3.46. The summed E-state index contributed by atoms with van der Waals surface area (Å²) in [4.78, 5) is 12.6. The van der Waals surface area contributed by atoms with Gasteiger partial charge in [0.15, 0.2) is 0 Å². The van der Waals surface area contributed by atoms with Gasteiger partial charge in [-0.1, -0.05) is 35.2 Å². The fraction of sp³-hybridized carbons (Fsp3) is 0.667. The summed E-state index contributed by atoms with van der Waals surface area (Å²) in [5, 5.41) is 0.686. The van der Waals surface area contributed by atoms with Crippen molar-refractivity contribution < 1.29 is 0 Å². The first-order valence-electron chi connectivity index (χ1n) is 7.13. The second-order valence-electron chi connectivity index (χ2n) is 5.60. The Kier molecular flexibility index (Phi) is 3.60. The molecule has 0 aromatic carbocycles. The van der Waals surface area contributed by atoms with Crippen molar-refractivity contribution in [3.63, 3.8) is 0 Å². The van der Waals surface area contributed by atoms with E-state index in [1.807, 2.05) is 0 Å². The van der Waals surface area contributed by atoms with Crippen LogP contribution in [0.2, 0.25) is 0 Å². The summed E-state index contributed by atoms with van der Waals surface area (Å²) in [5.74, 6) is 0. The summed E-state index contributed by atoms with van der Waals surface area (Å²) < 4.78 is 2.16. The Morgan fingerprint density at radius 2 is 1.94 bits per heavy atom. The van der Waals surface area contributed by atoms with Crippen LogP contribution in [0.15, 0.2) is 10.9 Å². The molecule has 0 amide bonds. The van der Waals surface area contributed by atoms with Crippen molar-refractivity contribution in [2.75, 3.05) is 0 Å². The molecule has 3 heteroatoms. The number of nitrogens with zero attached hydrogens (tertiary/aromatic N) is 1. The van der Waals surface area contributed by atoms with Gasteiger partial charge < -0.3 is 4.57 Å². The number of hydrogen-bond acceptors (Lipinski definition) is 1. The molecule has 1 fully saturated rings. The first kappa shape index (κ1) is 12.5. The molecule has 18 heavy (non-hydrogen) atoms. The Morgan fingerprint density at radius 3 is 2.67 bits per heavy atom. The van der Waals surface area contributed by atoms with Crippen LogP contribution in [0.1, 0.15) is 61.4 Å². The summed E-state index contributed by atoms with van der Waals surface area (Å²) in [7, 11) is 0. The van der Waals surface area contributed by atoms with Crippen LogP contribution in [-0.2, 0) is 18.2 Å². The topological polar surface area (TPSA) is 22.0 Å². The molecule has 3 rings (SSSR count). The van der Waals surface area contributed by atoms with Crippen LogP contribution in [0.4, 0.5) is 0 Å². The average Bonchev–Trinajstić information content (AvgIpc) is 2.86. The van der Waals surface area contributed by atoms with E-state index in [9.17, 15) is 4.79 Å². The lowest BCUT2D eigenvalue weighted by atomic mass is 9.94. The summed E-state index contributed by atoms with van der Waals surface area (Å²) in [6.45, 7) is 0. The first-order valence-corrected chi connectivity index (χ1v) is 8.25. The second-order valence-corrected chi connectivity index (χ2v) is 6.16. The van der Waals surface area contributed by atoms with Crippen LogP contribution in [0.25, 0.3) is 0 Å². The Bertz CT molecular complexity index is 500. The van der Waals surface area contributed by atoms with Gasteiger partial charge in [-0.2, -0.15) is 0 Å². The zero-order valence-corrected chi connectivity index (χ0v) is 12.3. The Balaban J connectivity index is 2.11. The smallest absolute Gasteiger partial charge is 0.255 e. The van der Waals surface area contributed by atoms with Gasteiger partial charge in [0.05, 0.1) is 0 Å². The van der Waals surface area contributed by atoms with E-state index in [2.05, 4.69) is 26.6 Å². The van der Waals surface area contributed by atoms with E-state index in [-0.39, 0.29) is 5.56 Å². The predicted octanol–water partition coefficient (Wildman–Crippen LogP) is 3.74. The standard InChI is InChI=1S/C15H20BrNO/c16-10-12-9-11-5-4-8-14(11)17(15(12)18)13-6-2-1-3-7-13/h9,13H,1-8,10H2. The van der Waals surface area contributed by atoms with Crippen LogP contribution >= 0.6 is 15.9 Å². The monoisotopic (exact) mass is 309 g/mol. The second kappa shape index (κ2) is 5.20. The fourth-order valence-electron chi connectivity index (χ4n) is 3.55. The zero-order valence-electron chi connectivity index (χ0n) is 10.8. The van der Waals surface area contributed by atoms with Gasteiger partial charge in [-0.3, -0.25) is 4.79 Å². The minimum Gasteiger partial charge on any atom is -0.309 e. The van der Waals surface area contributed by atoms with Crippen molar-refractivity contribution in [3.8, 4) is 0 Å². The van der Waals surface area contributed by atoms with E-state index in [1.54, 1.807) is 0 Å². The van der Waals surface area contributed by atoms with E-state index in [0.717, 1.165) is 18.4 Å². The largest absolute Gasteiger partial charge is 0.309 e. The minimum atomic E-state index is 0.263. The highest BCUT2D eigenvalue weighted by molar-refractivity contribution is 9.08. The van der Waals surface area contributed by atoms with Crippen LogP contribution in [0, 0.1) is 0 Å². The average molecular weight is 310 g/mol. The van der Waals surface area contributed by atoms with Gasteiger partial charge in [-0.15, -0.1) is 0 Å². The number of aromatic nitrogens is 1. The zero-order chi connectivity index (χ0) is 12.5. The van der Waals surface area contributed by atoms with Gasteiger partial charge in [-0.05, 0) is 43.7 Å². The molecule has 1 saturated carbocycles. The molecule has 1 aromatic heterocycles. The molecular weight excluding hydrogens is 290 g/mol. The number of pyridine rings is 1. The van der Waals surface area contributed by atoms with Gasteiger partial charge in [0.25, 0.3) is 5.56 Å². The Labute approximate surface area is 117 Å². The molecule has 98 valence electrons. The molecule has 0 spiro atoms. The predicted molar refractivity (Wildman–Crippen MR) is 77.5 cm³/mol. The number of halogens is 1. The fourth-order valence-corrected chi connectivity index (χ4v) is 3.95. The van der Waals surface area contributed by atoms with E-state index in [1.165, 1.54) is 49.8 Å². The third-order valence-electron chi connectivity index (χ3n) is 4.45. The highest BCUT2D eigenvalue weighted by atomic mass is 79.9. The molecule has 2 nitrogen and oxygen atoms in total. The van der Waals surface area contributed by atoms with Crippen LogP contribution in [-0.4, -0.2) is 4.57 Å². The maximum Gasteiger partial charge on any atom is 0.255 e. The number of alkyl halides is 1. The number of rotatable bonds is 2. The highest BCUT2D eigenvalue weighted by Crippen LogP contribution is 2.31. The first-order chi connectivity index (χ1) is 8.81. The van der Waals surface area contributed by atoms with Gasteiger partial charge in [0, 0.05) is 22.6 Å². The third kappa shape index (κ3) is 2.07. The molecule has 2 aliphatic rings. The van der Waals surface area contributed by atoms with Crippen molar-refractivity contribution in [1.82, 2.24) is 4.57 Å². The van der Waals surface area contributed by atoms with E-state index in [4.69, 9.17) is 0 Å². The Hall–Kier alpha value is -0.570. The summed E-state index contributed by atoms with van der Waals surface area (Å²) in [6, 6.07) is 2.61. The van der Waals surface area contributed by atoms with E-state index < -0.39 is 0 Å². The minimum absolute atomic E-state index is 0.263. The van der Waals surface area contributed by atoms with Crippen molar-refractivity contribution in [1.29, 1.82) is 0 Å². The van der Waals surface area contributed by atoms with Gasteiger partial charge in [0.2, 0.25) is 0 Å². The molecule has 0 atom stereocenters. The van der Waals surface area contributed by atoms with E-state index in [0.29, 0.717) is 11.4 Å². The third-order valence-corrected chi connectivity index (χ3v) is 5.05. The maximum atomic E-state index is 12.6. The molecule has 0 saturated heterocycles. The molecule has 0 bridgehead atoms. The lowest BCUT2D eigenvalue weighted by molar-refractivity contribution is 0.339. The van der Waals surface area contributed by atoms with Gasteiger partial charge in [-0.25, -0.2) is 0 Å². The van der Waals surface area contributed by atoms with Crippen LogP contribution in [0.3, 0.4) is 0 Å². The lowest BCUT2D eigenvalue weighted by Crippen LogP contribution is -2.31. The van der Waals surface area contributed by atoms with Crippen molar-refractivity contribution >= 4 is 15.9 Å². The summed E-state index contributed by atoms with van der Waals surface area (Å²) in [6.07, 6.45) is 9.76. The number of hydrogen-bond donors (Lipinski definition) is 0. The van der Waals surface area contributed by atoms with Crippen LogP contribution in [0.5, 0.6) is 0 Å². The number of aryl methyl sites for hydroxylation is 1. The molecule has 1 heterocycles. The van der Waals surface area contributed by atoms with Gasteiger partial charge >= 0.3 is 0 Å². The highest BCUT2D eigenvalue weighted by Gasteiger charge is 2.24. The molecule has 1 aromatic rings. The SMILES string of the molecule is O=c1c(CBr)cc2c(n1C1CCCCC1)CCC2. The Morgan fingerprint density at radius 1 is 1.17 bits per heavy atom. The van der Waals surface area contributed by atoms with Gasteiger partial charge in [0.1, 0.15) is 0 Å². The molecule has 0 unspecified atom stereocenters. The maximum absolute atomic E-state index is 12.6. The molecule has 0 aliphatic heterocycles. The molecule has 0 N–H and O–H groups in total. The quantitative estimate of drug-likeness (QED) is 0.763. The lowest BCUT2D eigenvalue weighted by Gasteiger charge is -2.27. The molecule has 2 aliphatic carbocycles.